The van der Waals surface area contributed by atoms with Crippen LogP contribution in [0.5, 0.6) is 11.5 Å². The van der Waals surface area contributed by atoms with Crippen molar-refractivity contribution < 1.29 is 51.3 Å². The van der Waals surface area contributed by atoms with Gasteiger partial charge in [-0.3, -0.25) is 19.3 Å². The SMILES string of the molecule is O=C(NCC(F)(F)F)C1Cc2cccc(c2)Oc2cccc(c2)CC(N2CCOC2=O)C(=O)N[C@@H](CC2OCCCO2)C(=O)N1. The van der Waals surface area contributed by atoms with Crippen LogP contribution in [0.3, 0.4) is 0 Å². The molecule has 3 aliphatic heterocycles. The summed E-state index contributed by atoms with van der Waals surface area (Å²) in [4.78, 5) is 54.4. The molecule has 0 saturated carbocycles. The van der Waals surface area contributed by atoms with Crippen molar-refractivity contribution in [3.63, 3.8) is 0 Å². The minimum atomic E-state index is -4.68. The summed E-state index contributed by atoms with van der Waals surface area (Å²) in [7, 11) is 0. The molecule has 2 aromatic rings. The Bertz CT molecular complexity index is 1400. The Hall–Kier alpha value is -4.37. The van der Waals surface area contributed by atoms with Crippen LogP contribution in [0, 0.1) is 0 Å². The quantitative estimate of drug-likeness (QED) is 0.454. The number of carbonyl (C=O) groups is 4. The predicted molar refractivity (Wildman–Crippen MR) is 150 cm³/mol. The highest BCUT2D eigenvalue weighted by atomic mass is 19.4. The van der Waals surface area contributed by atoms with Crippen LogP contribution in [0.2, 0.25) is 0 Å². The zero-order chi connectivity index (χ0) is 32.0. The summed E-state index contributed by atoms with van der Waals surface area (Å²) >= 11 is 0. The van der Waals surface area contributed by atoms with Gasteiger partial charge in [0.05, 0.1) is 19.8 Å². The Labute approximate surface area is 256 Å². The number of ether oxygens (including phenoxy) is 4. The highest BCUT2D eigenvalue weighted by molar-refractivity contribution is 5.94. The van der Waals surface area contributed by atoms with Gasteiger partial charge in [0.2, 0.25) is 17.7 Å². The van der Waals surface area contributed by atoms with Crippen LogP contribution >= 0.6 is 0 Å². The Kier molecular flexibility index (Phi) is 10.1. The summed E-state index contributed by atoms with van der Waals surface area (Å²) in [5.74, 6) is -1.81. The van der Waals surface area contributed by atoms with E-state index in [-0.39, 0.29) is 32.4 Å². The summed E-state index contributed by atoms with van der Waals surface area (Å²) in [6.07, 6.45) is -5.93. The number of nitrogens with zero attached hydrogens (tertiary/aromatic N) is 1. The van der Waals surface area contributed by atoms with Crippen LogP contribution in [-0.2, 0) is 41.4 Å². The summed E-state index contributed by atoms with van der Waals surface area (Å²) in [5.41, 5.74) is 1.16. The summed E-state index contributed by atoms with van der Waals surface area (Å²) in [6.45, 7) is -0.689. The maximum Gasteiger partial charge on any atom is 0.410 e. The third-order valence-electron chi connectivity index (χ3n) is 7.43. The van der Waals surface area contributed by atoms with Crippen LogP contribution in [0.1, 0.15) is 24.0 Å². The second-order valence-electron chi connectivity index (χ2n) is 10.8. The second-order valence-corrected chi connectivity index (χ2v) is 10.8. The molecular formula is C30H33F3N4O8. The Balaban J connectivity index is 1.51. The first-order chi connectivity index (χ1) is 21.5. The van der Waals surface area contributed by atoms with E-state index >= 15 is 0 Å². The van der Waals surface area contributed by atoms with Crippen molar-refractivity contribution in [2.45, 2.75) is 56.3 Å². The molecular weight excluding hydrogens is 601 g/mol. The van der Waals surface area contributed by atoms with Crippen LogP contribution in [-0.4, -0.2) is 92.2 Å². The van der Waals surface area contributed by atoms with Crippen LogP contribution in [0.25, 0.3) is 0 Å². The minimum absolute atomic E-state index is 0.0470. The third-order valence-corrected chi connectivity index (χ3v) is 7.43. The van der Waals surface area contributed by atoms with Crippen molar-refractivity contribution in [3.05, 3.63) is 59.7 Å². The van der Waals surface area contributed by atoms with Crippen molar-refractivity contribution in [1.82, 2.24) is 20.9 Å². The highest BCUT2D eigenvalue weighted by Gasteiger charge is 2.38. The van der Waals surface area contributed by atoms with Crippen molar-refractivity contribution in [2.24, 2.45) is 0 Å². The molecule has 4 bridgehead atoms. The molecule has 0 aromatic heterocycles. The Morgan fingerprint density at radius 3 is 2.20 bits per heavy atom. The number of hydrogen-bond donors (Lipinski definition) is 3. The number of rotatable bonds is 5. The van der Waals surface area contributed by atoms with Gasteiger partial charge in [0.1, 0.15) is 42.8 Å². The lowest BCUT2D eigenvalue weighted by atomic mass is 10.0. The number of halogens is 3. The molecule has 2 aromatic carbocycles. The first kappa shape index (κ1) is 32.0. The van der Waals surface area contributed by atoms with Crippen LogP contribution in [0.15, 0.2) is 48.5 Å². The fourth-order valence-electron chi connectivity index (χ4n) is 5.26. The zero-order valence-electron chi connectivity index (χ0n) is 24.1. The molecule has 5 rings (SSSR count). The van der Waals surface area contributed by atoms with E-state index < -0.39 is 61.0 Å². The van der Waals surface area contributed by atoms with E-state index in [0.717, 1.165) is 0 Å². The summed E-state index contributed by atoms with van der Waals surface area (Å²) in [6, 6.07) is 9.58. The Morgan fingerprint density at radius 1 is 0.911 bits per heavy atom. The van der Waals surface area contributed by atoms with Gasteiger partial charge in [-0.05, 0) is 41.8 Å². The predicted octanol–water partition coefficient (Wildman–Crippen LogP) is 2.20. The highest BCUT2D eigenvalue weighted by Crippen LogP contribution is 2.26. The Morgan fingerprint density at radius 2 is 1.58 bits per heavy atom. The molecule has 2 unspecified atom stereocenters. The van der Waals surface area contributed by atoms with Gasteiger partial charge in [0, 0.05) is 19.3 Å². The van der Waals surface area contributed by atoms with E-state index in [2.05, 4.69) is 10.6 Å². The largest absolute Gasteiger partial charge is 0.457 e. The maximum atomic E-state index is 13.8. The lowest BCUT2D eigenvalue weighted by molar-refractivity contribution is -0.185. The zero-order valence-corrected chi connectivity index (χ0v) is 24.1. The van der Waals surface area contributed by atoms with E-state index in [1.807, 2.05) is 5.32 Å². The average molecular weight is 635 g/mol. The molecule has 242 valence electrons. The van der Waals surface area contributed by atoms with Crippen molar-refractivity contribution in [2.75, 3.05) is 32.9 Å². The lowest BCUT2D eigenvalue weighted by Gasteiger charge is -2.31. The van der Waals surface area contributed by atoms with E-state index in [1.54, 1.807) is 48.5 Å². The normalized spacial score (nSPS) is 23.4. The van der Waals surface area contributed by atoms with Gasteiger partial charge >= 0.3 is 12.3 Å². The second kappa shape index (κ2) is 14.2. The molecule has 3 heterocycles. The molecule has 15 heteroatoms. The number of carbonyl (C=O) groups excluding carboxylic acids is 4. The van der Waals surface area contributed by atoms with Gasteiger partial charge in [-0.1, -0.05) is 24.3 Å². The number of alkyl halides is 3. The molecule has 45 heavy (non-hydrogen) atoms. The minimum Gasteiger partial charge on any atom is -0.457 e. The topological polar surface area (TPSA) is 145 Å². The van der Waals surface area contributed by atoms with Crippen LogP contribution in [0.4, 0.5) is 18.0 Å². The van der Waals surface area contributed by atoms with Gasteiger partial charge in [-0.15, -0.1) is 0 Å². The average Bonchev–Trinajstić information content (AvgIpc) is 3.43. The monoisotopic (exact) mass is 634 g/mol. The molecule has 3 aliphatic rings. The fraction of sp³-hybridized carbons (Fsp3) is 0.467. The molecule has 3 N–H and O–H groups in total. The smallest absolute Gasteiger partial charge is 0.410 e. The number of fused-ring (bicyclic) bond motifs is 4. The molecule has 0 radical (unpaired) electrons. The summed E-state index contributed by atoms with van der Waals surface area (Å²) in [5, 5.41) is 7.01. The molecule has 4 amide bonds. The van der Waals surface area contributed by atoms with E-state index in [9.17, 15) is 32.3 Å². The van der Waals surface area contributed by atoms with Crippen LogP contribution < -0.4 is 20.7 Å². The third kappa shape index (κ3) is 8.85. The van der Waals surface area contributed by atoms with Gasteiger partial charge < -0.3 is 34.9 Å². The number of benzene rings is 2. The van der Waals surface area contributed by atoms with Crippen molar-refractivity contribution in [3.8, 4) is 11.5 Å². The maximum absolute atomic E-state index is 13.8. The standard InChI is InChI=1S/C30H33F3N4O8/c31-30(32,33)17-34-26(38)22-14-18-4-1-6-20(12-18)45-21-7-2-5-19(13-21)15-24(37-8-11-44-29(37)41)28(40)36-23(27(39)35-22)16-25-42-9-3-10-43-25/h1-2,4-7,12-13,22-25H,3,8-11,14-17H2,(H,34,38)(H,35,39)(H,36,40)/t22?,23-,24?/m0/s1. The molecule has 0 aliphatic carbocycles. The van der Waals surface area contributed by atoms with Gasteiger partial charge in [0.25, 0.3) is 0 Å². The number of amides is 4. The summed E-state index contributed by atoms with van der Waals surface area (Å²) < 4.78 is 61.2. The van der Waals surface area contributed by atoms with Crippen molar-refractivity contribution in [1.29, 1.82) is 0 Å². The molecule has 2 saturated heterocycles. The molecule has 2 fully saturated rings. The van der Waals surface area contributed by atoms with E-state index in [4.69, 9.17) is 18.9 Å². The van der Waals surface area contributed by atoms with Crippen molar-refractivity contribution >= 4 is 23.8 Å². The number of cyclic esters (lactones) is 1. The first-order valence-electron chi connectivity index (χ1n) is 14.5. The number of nitrogens with one attached hydrogen (secondary N) is 3. The fourth-order valence-corrected chi connectivity index (χ4v) is 5.26. The first-order valence-corrected chi connectivity index (χ1v) is 14.5. The van der Waals surface area contributed by atoms with E-state index in [0.29, 0.717) is 42.3 Å². The molecule has 12 nitrogen and oxygen atoms in total. The van der Waals surface area contributed by atoms with Gasteiger partial charge in [-0.2, -0.15) is 13.2 Å². The number of hydrogen-bond acceptors (Lipinski definition) is 8. The molecule has 3 atom stereocenters. The van der Waals surface area contributed by atoms with Gasteiger partial charge in [-0.25, -0.2) is 4.79 Å². The van der Waals surface area contributed by atoms with E-state index in [1.165, 1.54) is 4.90 Å². The lowest BCUT2D eigenvalue weighted by Crippen LogP contribution is -2.58. The molecule has 0 spiro atoms. The van der Waals surface area contributed by atoms with Gasteiger partial charge in [0.15, 0.2) is 6.29 Å².